The Bertz CT molecular complexity index is 1190. The molecule has 1 aliphatic heterocycles. The van der Waals surface area contributed by atoms with E-state index in [2.05, 4.69) is 15.0 Å². The molecular formula is C23H22N4O4. The zero-order valence-corrected chi connectivity index (χ0v) is 17.5. The maximum absolute atomic E-state index is 13.0. The highest BCUT2D eigenvalue weighted by Crippen LogP contribution is 2.29. The molecule has 0 spiro atoms. The fraction of sp³-hybridized carbons (Fsp3) is 0.217. The second kappa shape index (κ2) is 8.43. The van der Waals surface area contributed by atoms with Crippen LogP contribution in [-0.2, 0) is 19.1 Å². The fourth-order valence-electron chi connectivity index (χ4n) is 3.29. The first kappa shape index (κ1) is 20.3. The Kier molecular flexibility index (Phi) is 5.53. The van der Waals surface area contributed by atoms with Crippen LogP contribution >= 0.6 is 0 Å². The second-order valence-corrected chi connectivity index (χ2v) is 7.16. The third-order valence-electron chi connectivity index (χ3n) is 4.86. The van der Waals surface area contributed by atoms with Crippen molar-refractivity contribution in [3.63, 3.8) is 0 Å². The van der Waals surface area contributed by atoms with Crippen molar-refractivity contribution in [2.45, 2.75) is 6.92 Å². The number of anilines is 1. The highest BCUT2D eigenvalue weighted by molar-refractivity contribution is 6.27. The number of ether oxygens (including phenoxy) is 2. The molecule has 0 aliphatic carbocycles. The minimum Gasteiger partial charge on any atom is -0.465 e. The van der Waals surface area contributed by atoms with Gasteiger partial charge in [0.1, 0.15) is 5.65 Å². The summed E-state index contributed by atoms with van der Waals surface area (Å²) < 4.78 is 10.9. The van der Waals surface area contributed by atoms with Gasteiger partial charge in [0, 0.05) is 43.1 Å². The lowest BCUT2D eigenvalue weighted by Crippen LogP contribution is -2.27. The number of allylic oxidation sites excluding steroid dienone is 1. The van der Waals surface area contributed by atoms with Gasteiger partial charge in [-0.3, -0.25) is 9.59 Å². The summed E-state index contributed by atoms with van der Waals surface area (Å²) in [5.41, 5.74) is 2.99. The van der Waals surface area contributed by atoms with E-state index < -0.39 is 17.7 Å². The van der Waals surface area contributed by atoms with E-state index in [1.54, 1.807) is 43.6 Å². The number of pyridine rings is 1. The quantitative estimate of drug-likeness (QED) is 0.387. The van der Waals surface area contributed by atoms with Crippen LogP contribution < -0.4 is 4.90 Å². The molecule has 1 fully saturated rings. The van der Waals surface area contributed by atoms with Crippen LogP contribution in [0, 0.1) is 5.92 Å². The number of ketones is 1. The summed E-state index contributed by atoms with van der Waals surface area (Å²) in [7, 11) is 3.88. The number of Topliss-reactive ketones (excluding diaryl/α,β-unsaturated/α-hetero) is 1. The number of carbonyl (C=O) groups excluding carboxylic acids is 2. The van der Waals surface area contributed by atoms with Crippen molar-refractivity contribution in [1.29, 1.82) is 0 Å². The molecule has 0 saturated carbocycles. The summed E-state index contributed by atoms with van der Waals surface area (Å²) in [4.78, 5) is 39.2. The lowest BCUT2D eigenvalue weighted by atomic mass is 10.0. The number of benzene rings is 1. The van der Waals surface area contributed by atoms with Crippen LogP contribution in [0.4, 0.5) is 11.4 Å². The Hall–Kier alpha value is -3.94. The molecule has 0 amide bonds. The predicted octanol–water partition coefficient (Wildman–Crippen LogP) is 3.48. The molecular weight excluding hydrogens is 396 g/mol. The largest absolute Gasteiger partial charge is 0.465 e. The van der Waals surface area contributed by atoms with Crippen molar-refractivity contribution in [1.82, 2.24) is 9.97 Å². The lowest BCUT2D eigenvalue weighted by Gasteiger charge is -2.12. The first-order chi connectivity index (χ1) is 15.0. The Morgan fingerprint density at radius 2 is 2.06 bits per heavy atom. The summed E-state index contributed by atoms with van der Waals surface area (Å²) in [5, 5.41) is 0.837. The summed E-state index contributed by atoms with van der Waals surface area (Å²) in [6.07, 6.45) is 5.00. The number of nitrogens with zero attached hydrogens (tertiary/aromatic N) is 3. The van der Waals surface area contributed by atoms with Crippen LogP contribution in [0.25, 0.3) is 17.1 Å². The normalized spacial score (nSPS) is 18.5. The number of nitrogens with one attached hydrogen (secondary N) is 1. The molecule has 3 aromatic rings. The van der Waals surface area contributed by atoms with Crippen molar-refractivity contribution in [2.24, 2.45) is 10.9 Å². The highest BCUT2D eigenvalue weighted by atomic mass is 16.5. The first-order valence-electron chi connectivity index (χ1n) is 9.86. The van der Waals surface area contributed by atoms with E-state index in [0.29, 0.717) is 11.3 Å². The number of carbonyl (C=O) groups is 2. The predicted molar refractivity (Wildman–Crippen MR) is 118 cm³/mol. The molecule has 31 heavy (non-hydrogen) atoms. The van der Waals surface area contributed by atoms with Crippen LogP contribution in [0.15, 0.2) is 59.5 Å². The van der Waals surface area contributed by atoms with E-state index >= 15 is 0 Å². The number of hydrogen-bond donors (Lipinski definition) is 1. The molecule has 1 unspecified atom stereocenters. The van der Waals surface area contributed by atoms with Crippen LogP contribution in [0.2, 0.25) is 0 Å². The first-order valence-corrected chi connectivity index (χ1v) is 9.86. The van der Waals surface area contributed by atoms with Gasteiger partial charge in [0.05, 0.1) is 12.3 Å². The van der Waals surface area contributed by atoms with Gasteiger partial charge in [-0.2, -0.15) is 0 Å². The maximum Gasteiger partial charge on any atom is 0.326 e. The molecule has 1 aromatic carbocycles. The van der Waals surface area contributed by atoms with Crippen LogP contribution in [0.3, 0.4) is 0 Å². The third kappa shape index (κ3) is 4.05. The lowest BCUT2D eigenvalue weighted by molar-refractivity contribution is -0.147. The van der Waals surface area contributed by atoms with Crippen LogP contribution in [0.1, 0.15) is 12.5 Å². The SMILES string of the molecule is CCOC(=O)C1C(=O)/C(=C/c2c[nH]c3ncccc23)OC1=Nc1ccc(N(C)C)cc1. The van der Waals surface area contributed by atoms with Crippen molar-refractivity contribution < 1.29 is 19.1 Å². The van der Waals surface area contributed by atoms with Crippen molar-refractivity contribution in [3.8, 4) is 0 Å². The molecule has 0 radical (unpaired) electrons. The van der Waals surface area contributed by atoms with Crippen LogP contribution in [-0.4, -0.2) is 48.3 Å². The molecule has 4 rings (SSSR count). The average molecular weight is 418 g/mol. The molecule has 8 heteroatoms. The molecule has 8 nitrogen and oxygen atoms in total. The Morgan fingerprint density at radius 1 is 1.29 bits per heavy atom. The minimum absolute atomic E-state index is 0.00488. The molecule has 2 aromatic heterocycles. The van der Waals surface area contributed by atoms with Gasteiger partial charge < -0.3 is 19.4 Å². The number of hydrogen-bond acceptors (Lipinski definition) is 7. The van der Waals surface area contributed by atoms with Gasteiger partial charge in [0.15, 0.2) is 11.7 Å². The zero-order chi connectivity index (χ0) is 22.0. The summed E-state index contributed by atoms with van der Waals surface area (Å²) >= 11 is 0. The molecule has 1 atom stereocenters. The molecule has 3 heterocycles. The van der Waals surface area contributed by atoms with E-state index in [4.69, 9.17) is 9.47 Å². The second-order valence-electron chi connectivity index (χ2n) is 7.16. The average Bonchev–Trinajstić information content (AvgIpc) is 3.30. The number of rotatable bonds is 5. The fourth-order valence-corrected chi connectivity index (χ4v) is 3.29. The van der Waals surface area contributed by atoms with E-state index in [1.807, 2.05) is 37.2 Å². The van der Waals surface area contributed by atoms with Gasteiger partial charge in [0.2, 0.25) is 11.7 Å². The standard InChI is InChI=1S/C23H22N4O4/c1-4-30-23(29)19-20(28)18(12-14-13-25-21-17(14)6-5-11-24-21)31-22(19)26-15-7-9-16(10-8-15)27(2)3/h5-13,19H,4H2,1-3H3,(H,24,25)/b18-12-,26-22?. The molecule has 158 valence electrons. The van der Waals surface area contributed by atoms with Crippen LogP contribution in [0.5, 0.6) is 0 Å². The van der Waals surface area contributed by atoms with E-state index in [1.165, 1.54) is 0 Å². The number of H-pyrrole nitrogens is 1. The molecule has 0 bridgehead atoms. The maximum atomic E-state index is 13.0. The zero-order valence-electron chi connectivity index (χ0n) is 17.5. The minimum atomic E-state index is -1.23. The Morgan fingerprint density at radius 3 is 2.77 bits per heavy atom. The summed E-state index contributed by atoms with van der Waals surface area (Å²) in [5.74, 6) is -2.36. The van der Waals surface area contributed by atoms with Crippen molar-refractivity contribution in [3.05, 3.63) is 60.1 Å². The Balaban J connectivity index is 1.71. The molecule has 1 N–H and O–H groups in total. The van der Waals surface area contributed by atoms with Gasteiger partial charge in [-0.05, 0) is 49.4 Å². The van der Waals surface area contributed by atoms with Gasteiger partial charge in [-0.1, -0.05) is 0 Å². The number of aromatic amines is 1. The van der Waals surface area contributed by atoms with Crippen molar-refractivity contribution >= 4 is 46.1 Å². The number of aromatic nitrogens is 2. The number of esters is 1. The molecule has 1 saturated heterocycles. The number of aliphatic imine (C=N–C) groups is 1. The van der Waals surface area contributed by atoms with E-state index in [0.717, 1.165) is 16.6 Å². The Labute approximate surface area is 179 Å². The highest BCUT2D eigenvalue weighted by Gasteiger charge is 2.44. The van der Waals surface area contributed by atoms with E-state index in [9.17, 15) is 9.59 Å². The topological polar surface area (TPSA) is 96.9 Å². The smallest absolute Gasteiger partial charge is 0.326 e. The van der Waals surface area contributed by atoms with Gasteiger partial charge >= 0.3 is 5.97 Å². The third-order valence-corrected chi connectivity index (χ3v) is 4.86. The van der Waals surface area contributed by atoms with Gasteiger partial charge in [-0.15, -0.1) is 0 Å². The monoisotopic (exact) mass is 418 g/mol. The summed E-state index contributed by atoms with van der Waals surface area (Å²) in [6, 6.07) is 11.1. The van der Waals surface area contributed by atoms with Crippen molar-refractivity contribution in [2.75, 3.05) is 25.6 Å². The van der Waals surface area contributed by atoms with Gasteiger partial charge in [0.25, 0.3) is 0 Å². The van der Waals surface area contributed by atoms with E-state index in [-0.39, 0.29) is 18.3 Å². The van der Waals surface area contributed by atoms with Gasteiger partial charge in [-0.25, -0.2) is 9.98 Å². The molecule has 1 aliphatic rings. The number of fused-ring (bicyclic) bond motifs is 1. The summed E-state index contributed by atoms with van der Waals surface area (Å²) in [6.45, 7) is 1.84.